The van der Waals surface area contributed by atoms with Gasteiger partial charge in [0.05, 0.1) is 0 Å². The van der Waals surface area contributed by atoms with Crippen LogP contribution in [-0.4, -0.2) is 6.54 Å². The molecular weight excluding hydrogens is 326 g/mol. The molecule has 0 heterocycles. The molecule has 0 fully saturated rings. The molecule has 2 rings (SSSR count). The number of halogens is 1. The molecule has 0 aliphatic rings. The van der Waals surface area contributed by atoms with Gasteiger partial charge in [-0.1, -0.05) is 47.1 Å². The van der Waals surface area contributed by atoms with Gasteiger partial charge in [-0.25, -0.2) is 0 Å². The molecular formula is C18H22BrNO. The van der Waals surface area contributed by atoms with Crippen LogP contribution < -0.4 is 10.1 Å². The van der Waals surface area contributed by atoms with Crippen LogP contribution in [0.3, 0.4) is 0 Å². The number of aryl methyl sites for hydroxylation is 2. The van der Waals surface area contributed by atoms with E-state index in [9.17, 15) is 0 Å². The highest BCUT2D eigenvalue weighted by Crippen LogP contribution is 2.26. The summed E-state index contributed by atoms with van der Waals surface area (Å²) in [6.07, 6.45) is 0. The zero-order valence-electron chi connectivity index (χ0n) is 12.9. The van der Waals surface area contributed by atoms with Crippen molar-refractivity contribution in [2.45, 2.75) is 33.9 Å². The average molecular weight is 348 g/mol. The van der Waals surface area contributed by atoms with E-state index in [0.717, 1.165) is 23.3 Å². The Balaban J connectivity index is 2.03. The molecule has 0 aliphatic heterocycles. The van der Waals surface area contributed by atoms with E-state index >= 15 is 0 Å². The molecule has 0 saturated heterocycles. The molecule has 0 spiro atoms. The smallest absolute Gasteiger partial charge is 0.120 e. The first-order valence-corrected chi connectivity index (χ1v) is 8.07. The molecule has 112 valence electrons. The molecule has 0 unspecified atom stereocenters. The summed E-state index contributed by atoms with van der Waals surface area (Å²) in [7, 11) is 0. The van der Waals surface area contributed by atoms with Gasteiger partial charge in [0.25, 0.3) is 0 Å². The van der Waals surface area contributed by atoms with Crippen molar-refractivity contribution in [3.8, 4) is 5.75 Å². The summed E-state index contributed by atoms with van der Waals surface area (Å²) < 4.78 is 7.08. The van der Waals surface area contributed by atoms with Crippen LogP contribution in [0.2, 0.25) is 0 Å². The Morgan fingerprint density at radius 2 is 1.71 bits per heavy atom. The molecule has 0 atom stereocenters. The van der Waals surface area contributed by atoms with Crippen LogP contribution in [0.1, 0.15) is 29.2 Å². The Bertz CT molecular complexity index is 587. The maximum Gasteiger partial charge on any atom is 0.120 e. The molecule has 2 nitrogen and oxygen atoms in total. The van der Waals surface area contributed by atoms with E-state index in [0.29, 0.717) is 6.61 Å². The monoisotopic (exact) mass is 347 g/mol. The Morgan fingerprint density at radius 1 is 1.05 bits per heavy atom. The lowest BCUT2D eigenvalue weighted by Crippen LogP contribution is -2.11. The van der Waals surface area contributed by atoms with Crippen LogP contribution >= 0.6 is 15.9 Å². The van der Waals surface area contributed by atoms with Crippen molar-refractivity contribution < 1.29 is 4.74 Å². The number of benzene rings is 2. The first-order valence-electron chi connectivity index (χ1n) is 7.28. The topological polar surface area (TPSA) is 21.3 Å². The van der Waals surface area contributed by atoms with E-state index in [1.807, 2.05) is 0 Å². The van der Waals surface area contributed by atoms with Gasteiger partial charge >= 0.3 is 0 Å². The molecule has 21 heavy (non-hydrogen) atoms. The van der Waals surface area contributed by atoms with Gasteiger partial charge in [0.2, 0.25) is 0 Å². The van der Waals surface area contributed by atoms with Gasteiger partial charge in [-0.3, -0.25) is 0 Å². The second-order valence-electron chi connectivity index (χ2n) is 5.26. The SMILES string of the molecule is CCNCc1cccc(COc2cc(C)c(Br)c(C)c2)c1. The average Bonchev–Trinajstić information content (AvgIpc) is 2.49. The van der Waals surface area contributed by atoms with Gasteiger partial charge in [-0.15, -0.1) is 0 Å². The van der Waals surface area contributed by atoms with Gasteiger partial charge in [0.15, 0.2) is 0 Å². The lowest BCUT2D eigenvalue weighted by molar-refractivity contribution is 0.305. The number of hydrogen-bond donors (Lipinski definition) is 1. The second-order valence-corrected chi connectivity index (χ2v) is 6.05. The third-order valence-electron chi connectivity index (χ3n) is 3.39. The lowest BCUT2D eigenvalue weighted by Gasteiger charge is -2.11. The minimum absolute atomic E-state index is 0.598. The quantitative estimate of drug-likeness (QED) is 0.813. The van der Waals surface area contributed by atoms with Crippen molar-refractivity contribution in [2.75, 3.05) is 6.54 Å². The summed E-state index contributed by atoms with van der Waals surface area (Å²) in [6, 6.07) is 12.7. The molecule has 3 heteroatoms. The van der Waals surface area contributed by atoms with Crippen LogP contribution in [-0.2, 0) is 13.2 Å². The normalized spacial score (nSPS) is 10.7. The third kappa shape index (κ3) is 4.58. The Hall–Kier alpha value is -1.32. The van der Waals surface area contributed by atoms with Gasteiger partial charge in [-0.2, -0.15) is 0 Å². The second kappa shape index (κ2) is 7.62. The van der Waals surface area contributed by atoms with Crippen LogP contribution in [0.4, 0.5) is 0 Å². The van der Waals surface area contributed by atoms with Gasteiger partial charge < -0.3 is 10.1 Å². The highest BCUT2D eigenvalue weighted by atomic mass is 79.9. The molecule has 0 amide bonds. The van der Waals surface area contributed by atoms with E-state index in [2.05, 4.69) is 78.4 Å². The summed E-state index contributed by atoms with van der Waals surface area (Å²) >= 11 is 3.58. The standard InChI is InChI=1S/C18H22BrNO/c1-4-20-11-15-6-5-7-16(10-15)12-21-17-8-13(2)18(19)14(3)9-17/h5-10,20H,4,11-12H2,1-3H3. The summed E-state index contributed by atoms with van der Waals surface area (Å²) in [6.45, 7) is 8.77. The van der Waals surface area contributed by atoms with E-state index < -0.39 is 0 Å². The minimum Gasteiger partial charge on any atom is -0.489 e. The van der Waals surface area contributed by atoms with E-state index in [-0.39, 0.29) is 0 Å². The Morgan fingerprint density at radius 3 is 2.38 bits per heavy atom. The van der Waals surface area contributed by atoms with Crippen LogP contribution in [0, 0.1) is 13.8 Å². The van der Waals surface area contributed by atoms with Crippen molar-refractivity contribution in [1.82, 2.24) is 5.32 Å². The minimum atomic E-state index is 0.598. The predicted molar refractivity (Wildman–Crippen MR) is 91.8 cm³/mol. The maximum atomic E-state index is 5.93. The van der Waals surface area contributed by atoms with Crippen molar-refractivity contribution in [2.24, 2.45) is 0 Å². The fraction of sp³-hybridized carbons (Fsp3) is 0.333. The Kier molecular flexibility index (Phi) is 5.83. The van der Waals surface area contributed by atoms with E-state index in [1.165, 1.54) is 22.3 Å². The Labute approximate surface area is 135 Å². The number of ether oxygens (including phenoxy) is 1. The molecule has 0 aromatic heterocycles. The van der Waals surface area contributed by atoms with Gasteiger partial charge in [0.1, 0.15) is 12.4 Å². The fourth-order valence-corrected chi connectivity index (χ4v) is 2.48. The first kappa shape index (κ1) is 16.1. The predicted octanol–water partition coefficient (Wildman–Crippen LogP) is 4.75. The first-order chi connectivity index (χ1) is 10.1. The molecule has 1 N–H and O–H groups in total. The number of nitrogens with one attached hydrogen (secondary N) is 1. The maximum absolute atomic E-state index is 5.93. The molecule has 0 bridgehead atoms. The third-order valence-corrected chi connectivity index (χ3v) is 4.64. The lowest BCUT2D eigenvalue weighted by atomic mass is 10.1. The summed E-state index contributed by atoms with van der Waals surface area (Å²) in [5.74, 6) is 0.922. The fourth-order valence-electron chi connectivity index (χ4n) is 2.25. The molecule has 0 radical (unpaired) electrons. The molecule has 0 aliphatic carbocycles. The van der Waals surface area contributed by atoms with Crippen molar-refractivity contribution >= 4 is 15.9 Å². The summed E-state index contributed by atoms with van der Waals surface area (Å²) in [5.41, 5.74) is 4.89. The molecule has 2 aromatic rings. The van der Waals surface area contributed by atoms with Crippen molar-refractivity contribution in [3.05, 3.63) is 63.1 Å². The summed E-state index contributed by atoms with van der Waals surface area (Å²) in [5, 5.41) is 3.34. The van der Waals surface area contributed by atoms with Crippen LogP contribution in [0.5, 0.6) is 5.75 Å². The zero-order chi connectivity index (χ0) is 15.2. The largest absolute Gasteiger partial charge is 0.489 e. The molecule has 0 saturated carbocycles. The van der Waals surface area contributed by atoms with Gasteiger partial charge in [-0.05, 0) is 54.8 Å². The summed E-state index contributed by atoms with van der Waals surface area (Å²) in [4.78, 5) is 0. The zero-order valence-corrected chi connectivity index (χ0v) is 14.5. The van der Waals surface area contributed by atoms with Crippen LogP contribution in [0.15, 0.2) is 40.9 Å². The van der Waals surface area contributed by atoms with Crippen molar-refractivity contribution in [3.63, 3.8) is 0 Å². The van der Waals surface area contributed by atoms with E-state index in [1.54, 1.807) is 0 Å². The van der Waals surface area contributed by atoms with Crippen LogP contribution in [0.25, 0.3) is 0 Å². The highest BCUT2D eigenvalue weighted by molar-refractivity contribution is 9.10. The number of rotatable bonds is 6. The number of hydrogen-bond acceptors (Lipinski definition) is 2. The van der Waals surface area contributed by atoms with Gasteiger partial charge in [0, 0.05) is 11.0 Å². The van der Waals surface area contributed by atoms with Crippen molar-refractivity contribution in [1.29, 1.82) is 0 Å². The molecule has 2 aromatic carbocycles. The highest BCUT2D eigenvalue weighted by Gasteiger charge is 2.04. The van der Waals surface area contributed by atoms with E-state index in [4.69, 9.17) is 4.74 Å².